The van der Waals surface area contributed by atoms with E-state index in [2.05, 4.69) is 25.7 Å². The predicted octanol–water partition coefficient (Wildman–Crippen LogP) is 4.14. The zero-order valence-electron chi connectivity index (χ0n) is 18.0. The standard InChI is InChI=1S/C20H29F3N4O3.HI/c1-19(2,3)30-18(28)26-11-7-10-25-17(24-4)27-15-12-14(15)13-8-5-6-9-16(13)29-20(21,22)23;/h5-6,8-9,14-15H,7,10-12H2,1-4H3,(H,26,28)(H2,24,25,27);1H. The van der Waals surface area contributed by atoms with Crippen LogP contribution in [0.4, 0.5) is 18.0 Å². The van der Waals surface area contributed by atoms with E-state index in [1.807, 2.05) is 0 Å². The Kier molecular flexibility index (Phi) is 10.2. The van der Waals surface area contributed by atoms with E-state index in [-0.39, 0.29) is 41.7 Å². The summed E-state index contributed by atoms with van der Waals surface area (Å²) < 4.78 is 47.1. The van der Waals surface area contributed by atoms with Gasteiger partial charge in [-0.1, -0.05) is 18.2 Å². The highest BCUT2D eigenvalue weighted by Crippen LogP contribution is 2.45. The molecule has 3 N–H and O–H groups in total. The first-order chi connectivity index (χ1) is 14.0. The number of ether oxygens (including phenoxy) is 2. The Hall–Kier alpha value is -1.92. The molecule has 1 aliphatic rings. The van der Waals surface area contributed by atoms with Crippen LogP contribution < -0.4 is 20.7 Å². The van der Waals surface area contributed by atoms with E-state index < -0.39 is 18.1 Å². The van der Waals surface area contributed by atoms with Crippen molar-refractivity contribution in [1.29, 1.82) is 0 Å². The SMILES string of the molecule is CN=C(NCCCNC(=O)OC(C)(C)C)NC1CC1c1ccccc1OC(F)(F)F.I. The van der Waals surface area contributed by atoms with E-state index in [1.54, 1.807) is 40.0 Å². The van der Waals surface area contributed by atoms with Gasteiger partial charge in [0, 0.05) is 32.1 Å². The van der Waals surface area contributed by atoms with Gasteiger partial charge in [0.05, 0.1) is 0 Å². The lowest BCUT2D eigenvalue weighted by atomic mass is 10.1. The Balaban J connectivity index is 0.00000480. The van der Waals surface area contributed by atoms with Gasteiger partial charge in [0.15, 0.2) is 5.96 Å². The number of guanidine groups is 1. The van der Waals surface area contributed by atoms with Gasteiger partial charge in [0.2, 0.25) is 0 Å². The first-order valence-electron chi connectivity index (χ1n) is 9.77. The monoisotopic (exact) mass is 558 g/mol. The number of carbonyl (C=O) groups excluding carboxylic acids is 1. The van der Waals surface area contributed by atoms with Gasteiger partial charge >= 0.3 is 12.5 Å². The molecule has 7 nitrogen and oxygen atoms in total. The summed E-state index contributed by atoms with van der Waals surface area (Å²) >= 11 is 0. The van der Waals surface area contributed by atoms with Crippen molar-refractivity contribution in [1.82, 2.24) is 16.0 Å². The molecule has 0 saturated heterocycles. The van der Waals surface area contributed by atoms with E-state index in [9.17, 15) is 18.0 Å². The summed E-state index contributed by atoms with van der Waals surface area (Å²) in [4.78, 5) is 15.7. The van der Waals surface area contributed by atoms with Crippen molar-refractivity contribution >= 4 is 36.0 Å². The summed E-state index contributed by atoms with van der Waals surface area (Å²) in [6.45, 7) is 6.38. The molecule has 1 aromatic rings. The number of benzene rings is 1. The zero-order chi connectivity index (χ0) is 22.4. The second-order valence-electron chi connectivity index (χ2n) is 7.96. The van der Waals surface area contributed by atoms with Crippen LogP contribution in [0.15, 0.2) is 29.3 Å². The molecule has 0 aromatic heterocycles. The molecular weight excluding hydrogens is 528 g/mol. The smallest absolute Gasteiger partial charge is 0.444 e. The topological polar surface area (TPSA) is 84.0 Å². The number of carbonyl (C=O) groups is 1. The third-order valence-corrected chi connectivity index (χ3v) is 4.19. The third-order valence-electron chi connectivity index (χ3n) is 4.19. The van der Waals surface area contributed by atoms with Gasteiger partial charge in [-0.2, -0.15) is 0 Å². The lowest BCUT2D eigenvalue weighted by Crippen LogP contribution is -2.40. The molecule has 2 unspecified atom stereocenters. The quantitative estimate of drug-likeness (QED) is 0.203. The van der Waals surface area contributed by atoms with Gasteiger partial charge in [-0.05, 0) is 45.2 Å². The van der Waals surface area contributed by atoms with Crippen molar-refractivity contribution in [2.45, 2.75) is 57.5 Å². The fourth-order valence-corrected chi connectivity index (χ4v) is 2.87. The predicted molar refractivity (Wildman–Crippen MR) is 123 cm³/mol. The first-order valence-corrected chi connectivity index (χ1v) is 9.77. The molecule has 11 heteroatoms. The molecule has 2 rings (SSSR count). The van der Waals surface area contributed by atoms with Crippen LogP contribution in [-0.4, -0.2) is 50.2 Å². The van der Waals surface area contributed by atoms with Gasteiger partial charge in [0.25, 0.3) is 0 Å². The van der Waals surface area contributed by atoms with Crippen molar-refractivity contribution in [3.05, 3.63) is 29.8 Å². The van der Waals surface area contributed by atoms with E-state index in [0.29, 0.717) is 37.5 Å². The van der Waals surface area contributed by atoms with Crippen molar-refractivity contribution in [2.24, 2.45) is 4.99 Å². The zero-order valence-corrected chi connectivity index (χ0v) is 20.3. The maximum absolute atomic E-state index is 12.6. The molecule has 0 spiro atoms. The summed E-state index contributed by atoms with van der Waals surface area (Å²) in [6, 6.07) is 6.14. The first kappa shape index (κ1) is 27.1. The van der Waals surface area contributed by atoms with Crippen LogP contribution in [0.2, 0.25) is 0 Å². The Morgan fingerprint density at radius 3 is 2.42 bits per heavy atom. The minimum atomic E-state index is -4.72. The molecule has 31 heavy (non-hydrogen) atoms. The molecule has 1 amide bonds. The number of hydrogen-bond donors (Lipinski definition) is 3. The number of nitrogens with zero attached hydrogens (tertiary/aromatic N) is 1. The van der Waals surface area contributed by atoms with Crippen LogP contribution >= 0.6 is 24.0 Å². The Labute approximate surface area is 197 Å². The van der Waals surface area contributed by atoms with Crippen LogP contribution in [0.5, 0.6) is 5.75 Å². The number of halogens is 4. The fraction of sp³-hybridized carbons (Fsp3) is 0.600. The number of para-hydroxylation sites is 1. The molecule has 176 valence electrons. The highest BCUT2D eigenvalue weighted by Gasteiger charge is 2.42. The van der Waals surface area contributed by atoms with Crippen molar-refractivity contribution < 1.29 is 27.4 Å². The van der Waals surface area contributed by atoms with Crippen LogP contribution in [0.3, 0.4) is 0 Å². The summed E-state index contributed by atoms with van der Waals surface area (Å²) in [6.07, 6.45) is -3.86. The molecular formula is C20H30F3IN4O3. The van der Waals surface area contributed by atoms with Crippen LogP contribution in [0.1, 0.15) is 45.1 Å². The highest BCUT2D eigenvalue weighted by molar-refractivity contribution is 14.0. The summed E-state index contributed by atoms with van der Waals surface area (Å²) in [7, 11) is 1.62. The number of nitrogens with one attached hydrogen (secondary N) is 3. The molecule has 2 atom stereocenters. The largest absolute Gasteiger partial charge is 0.573 e. The number of alkyl carbamates (subject to hydrolysis) is 1. The maximum Gasteiger partial charge on any atom is 0.573 e. The van der Waals surface area contributed by atoms with Gasteiger partial charge in [-0.15, -0.1) is 37.1 Å². The molecule has 0 aliphatic heterocycles. The summed E-state index contributed by atoms with van der Waals surface area (Å²) in [5.41, 5.74) is -0.0249. The van der Waals surface area contributed by atoms with Gasteiger partial charge in [-0.3, -0.25) is 4.99 Å². The maximum atomic E-state index is 12.6. The fourth-order valence-electron chi connectivity index (χ4n) is 2.87. The molecule has 0 heterocycles. The molecule has 0 radical (unpaired) electrons. The van der Waals surface area contributed by atoms with Crippen LogP contribution in [-0.2, 0) is 4.74 Å². The molecule has 0 bridgehead atoms. The summed E-state index contributed by atoms with van der Waals surface area (Å²) in [5.74, 6) is 0.292. The highest BCUT2D eigenvalue weighted by atomic mass is 127. The van der Waals surface area contributed by atoms with Gasteiger partial charge in [-0.25, -0.2) is 4.79 Å². The van der Waals surface area contributed by atoms with E-state index in [1.165, 1.54) is 12.1 Å². The number of aliphatic imine (C=N–C) groups is 1. The Morgan fingerprint density at radius 2 is 1.81 bits per heavy atom. The van der Waals surface area contributed by atoms with E-state index >= 15 is 0 Å². The lowest BCUT2D eigenvalue weighted by Gasteiger charge is -2.19. The average Bonchev–Trinajstić information content (AvgIpc) is 3.37. The van der Waals surface area contributed by atoms with Gasteiger partial charge < -0.3 is 25.4 Å². The van der Waals surface area contributed by atoms with E-state index in [4.69, 9.17) is 4.74 Å². The lowest BCUT2D eigenvalue weighted by molar-refractivity contribution is -0.274. The van der Waals surface area contributed by atoms with Crippen LogP contribution in [0.25, 0.3) is 0 Å². The molecule has 1 aliphatic carbocycles. The molecule has 1 fully saturated rings. The van der Waals surface area contributed by atoms with Crippen molar-refractivity contribution in [2.75, 3.05) is 20.1 Å². The second-order valence-corrected chi connectivity index (χ2v) is 7.96. The minimum absolute atomic E-state index is 0. The minimum Gasteiger partial charge on any atom is -0.444 e. The Bertz CT molecular complexity index is 754. The summed E-state index contributed by atoms with van der Waals surface area (Å²) in [5, 5.41) is 8.99. The van der Waals surface area contributed by atoms with Gasteiger partial charge in [0.1, 0.15) is 11.4 Å². The number of amides is 1. The molecule has 1 aromatic carbocycles. The third kappa shape index (κ3) is 10.3. The second kappa shape index (κ2) is 11.6. The average molecular weight is 558 g/mol. The number of rotatable bonds is 7. The van der Waals surface area contributed by atoms with Crippen LogP contribution in [0, 0.1) is 0 Å². The number of alkyl halides is 3. The van der Waals surface area contributed by atoms with Crippen molar-refractivity contribution in [3.63, 3.8) is 0 Å². The Morgan fingerprint density at radius 1 is 1.16 bits per heavy atom. The molecule has 1 saturated carbocycles. The van der Waals surface area contributed by atoms with Crippen molar-refractivity contribution in [3.8, 4) is 5.75 Å². The van der Waals surface area contributed by atoms with E-state index in [0.717, 1.165) is 0 Å². The number of hydrogen-bond acceptors (Lipinski definition) is 4. The normalized spacial score (nSPS) is 18.5.